The van der Waals surface area contributed by atoms with E-state index in [-0.39, 0.29) is 105 Å². The molecule has 6 heterocycles. The third-order valence-electron chi connectivity index (χ3n) is 17.2. The van der Waals surface area contributed by atoms with Crippen LogP contribution in [0.5, 0.6) is 11.5 Å². The second-order valence-corrected chi connectivity index (χ2v) is 22.3. The van der Waals surface area contributed by atoms with Gasteiger partial charge in [-0.2, -0.15) is 10.2 Å². The molecule has 0 spiro atoms. The predicted octanol–water partition coefficient (Wildman–Crippen LogP) is 8.97. The molecular formula is C58H63ClF4N10O6. The summed E-state index contributed by atoms with van der Waals surface area (Å²) in [5, 5.41) is 14.3. The molecule has 0 radical (unpaired) electrons. The van der Waals surface area contributed by atoms with Crippen LogP contribution in [0.25, 0.3) is 22.0 Å². The second kappa shape index (κ2) is 21.9. The fourth-order valence-electron chi connectivity index (χ4n) is 12.9. The van der Waals surface area contributed by atoms with E-state index in [0.29, 0.717) is 68.9 Å². The highest BCUT2D eigenvalue weighted by atomic mass is 35.5. The zero-order valence-corrected chi connectivity index (χ0v) is 45.1. The number of anilines is 1. The number of carbonyl (C=O) groups is 4. The van der Waals surface area contributed by atoms with Gasteiger partial charge in [0.25, 0.3) is 0 Å². The molecule has 2 unspecified atom stereocenters. The van der Waals surface area contributed by atoms with Crippen molar-refractivity contribution in [3.05, 3.63) is 123 Å². The van der Waals surface area contributed by atoms with Crippen LogP contribution in [0.2, 0.25) is 5.02 Å². The SMILES string of the molecule is CC1c2c(cc(F)c(Cl)c2-c2c(C(N)=O)ccc(OCc3cnn(C)c3)c2F)OC1(CNC1CCC(C(=O)N2CCC(CN3CCC(c4c(F)cc5c(N6CCC(=O)NC6=O)nn(C)c5c4F)CC3)CC2)CC1)c1ccccc1. The highest BCUT2D eigenvalue weighted by molar-refractivity contribution is 6.34. The molecule has 16 nitrogen and oxygen atoms in total. The van der Waals surface area contributed by atoms with Crippen LogP contribution >= 0.6 is 11.6 Å². The summed E-state index contributed by atoms with van der Waals surface area (Å²) in [5.41, 5.74) is 6.24. The summed E-state index contributed by atoms with van der Waals surface area (Å²) in [7, 11) is 3.31. The Hall–Kier alpha value is -7.03. The molecule has 4 aliphatic heterocycles. The molecule has 416 valence electrons. The second-order valence-electron chi connectivity index (χ2n) is 22.0. The lowest BCUT2D eigenvalue weighted by atomic mass is 9.77. The van der Waals surface area contributed by atoms with Crippen molar-refractivity contribution >= 4 is 52.1 Å². The standard InChI is InChI=1S/C58H63ClF4N10O6/c1-32-46-44(26-42(61)50(59)49(46)48-39(54(64)75)13-14-43(51(48)62)78-30-34-27-66-69(2)28-34)79-58(32,37-7-5-4-6-8-37)31-65-38-11-9-36(10-12-38)56(76)72-22-15-33(16-23-72)29-71-20-17-35(18-21-71)47-41(60)25-40-53(52(47)63)70(3)68-55(40)73-24-19-45(74)67-57(73)77/h4-8,13-14,25-28,32-33,35-36,38,65H,9-12,15-24,29-31H2,1-3H3,(H2,64,75)(H,67,74,77). The van der Waals surface area contributed by atoms with Gasteiger partial charge in [0, 0.05) is 111 Å². The fraction of sp³-hybridized carbons (Fsp3) is 0.448. The van der Waals surface area contributed by atoms with E-state index in [1.54, 1.807) is 31.2 Å². The summed E-state index contributed by atoms with van der Waals surface area (Å²) >= 11 is 6.82. The molecule has 6 aromatic rings. The predicted molar refractivity (Wildman–Crippen MR) is 288 cm³/mol. The Balaban J connectivity index is 0.700. The number of primary amides is 1. The van der Waals surface area contributed by atoms with Gasteiger partial charge in [0.2, 0.25) is 17.7 Å². The summed E-state index contributed by atoms with van der Waals surface area (Å²) in [5.74, 6) is -4.84. The van der Waals surface area contributed by atoms with Crippen LogP contribution < -0.4 is 30.7 Å². The van der Waals surface area contributed by atoms with Crippen molar-refractivity contribution < 1.29 is 46.2 Å². The molecule has 5 amide bonds. The maximum absolute atomic E-state index is 16.9. The van der Waals surface area contributed by atoms with Crippen LogP contribution in [0.15, 0.2) is 67.0 Å². The van der Waals surface area contributed by atoms with Crippen LogP contribution in [-0.2, 0) is 35.9 Å². The van der Waals surface area contributed by atoms with Gasteiger partial charge in [-0.1, -0.05) is 48.9 Å². The number of aryl methyl sites for hydroxylation is 2. The molecular weight excluding hydrogens is 1040 g/mol. The third-order valence-corrected chi connectivity index (χ3v) is 17.6. The Morgan fingerprint density at radius 1 is 0.886 bits per heavy atom. The van der Waals surface area contributed by atoms with Crippen LogP contribution in [0.1, 0.15) is 109 Å². The molecule has 2 aromatic heterocycles. The Bertz CT molecular complexity index is 3350. The number of amides is 5. The van der Waals surface area contributed by atoms with Crippen molar-refractivity contribution in [2.24, 2.45) is 31.7 Å². The van der Waals surface area contributed by atoms with Gasteiger partial charge in [0.1, 0.15) is 29.5 Å². The zero-order chi connectivity index (χ0) is 55.4. The molecule has 2 atom stereocenters. The number of fused-ring (bicyclic) bond motifs is 2. The number of rotatable bonds is 14. The van der Waals surface area contributed by atoms with E-state index in [4.69, 9.17) is 26.8 Å². The molecule has 3 saturated heterocycles. The van der Waals surface area contributed by atoms with Gasteiger partial charge in [-0.25, -0.2) is 22.4 Å². The van der Waals surface area contributed by atoms with Gasteiger partial charge in [-0.05, 0) is 100 Å². The summed E-state index contributed by atoms with van der Waals surface area (Å²) in [4.78, 5) is 56.9. The van der Waals surface area contributed by atoms with Crippen molar-refractivity contribution in [3.8, 4) is 22.6 Å². The summed E-state index contributed by atoms with van der Waals surface area (Å²) < 4.78 is 80.8. The average molecular weight is 1110 g/mol. The molecule has 5 aliphatic rings. The summed E-state index contributed by atoms with van der Waals surface area (Å²) in [6, 6.07) is 14.0. The Labute approximate surface area is 459 Å². The third kappa shape index (κ3) is 10.2. The Morgan fingerprint density at radius 2 is 1.62 bits per heavy atom. The molecule has 0 bridgehead atoms. The number of benzene rings is 4. The smallest absolute Gasteiger partial charge is 0.329 e. The number of imide groups is 1. The topological polar surface area (TPSA) is 182 Å². The van der Waals surface area contributed by atoms with Gasteiger partial charge >= 0.3 is 6.03 Å². The monoisotopic (exact) mass is 1110 g/mol. The number of hydrogen-bond acceptors (Lipinski definition) is 10. The zero-order valence-electron chi connectivity index (χ0n) is 44.3. The normalized spacial score (nSPS) is 22.3. The molecule has 4 fully saturated rings. The molecule has 21 heteroatoms. The lowest BCUT2D eigenvalue weighted by Gasteiger charge is -2.40. The number of carbonyl (C=O) groups excluding carboxylic acids is 4. The highest BCUT2D eigenvalue weighted by Gasteiger charge is 2.50. The minimum absolute atomic E-state index is 0.0273. The first-order valence-electron chi connectivity index (χ1n) is 27.2. The number of aromatic nitrogens is 4. The van der Waals surface area contributed by atoms with Crippen LogP contribution in [-0.4, -0.2) is 105 Å². The number of urea groups is 1. The van der Waals surface area contributed by atoms with Gasteiger partial charge in [0.05, 0.1) is 22.2 Å². The number of likely N-dealkylation sites (tertiary alicyclic amines) is 2. The summed E-state index contributed by atoms with van der Waals surface area (Å²) in [6.45, 7) is 5.80. The largest absolute Gasteiger partial charge is 0.486 e. The average Bonchev–Trinajstić information content (AvgIpc) is 4.30. The van der Waals surface area contributed by atoms with E-state index in [1.165, 1.54) is 33.8 Å². The molecule has 4 N–H and O–H groups in total. The fourth-order valence-corrected chi connectivity index (χ4v) is 13.2. The van der Waals surface area contributed by atoms with E-state index in [9.17, 15) is 19.2 Å². The lowest BCUT2D eigenvalue weighted by molar-refractivity contribution is -0.138. The number of piperidine rings is 2. The van der Waals surface area contributed by atoms with Gasteiger partial charge in [-0.15, -0.1) is 0 Å². The maximum Gasteiger partial charge on any atom is 0.329 e. The van der Waals surface area contributed by atoms with Gasteiger partial charge in [-0.3, -0.25) is 34.0 Å². The van der Waals surface area contributed by atoms with Gasteiger partial charge < -0.3 is 30.3 Å². The molecule has 11 rings (SSSR count). The quantitative estimate of drug-likeness (QED) is 0.0891. The Kier molecular flexibility index (Phi) is 15.0. The number of ether oxygens (including phenoxy) is 2. The van der Waals surface area contributed by atoms with Crippen LogP contribution in [0, 0.1) is 35.1 Å². The van der Waals surface area contributed by atoms with Crippen molar-refractivity contribution in [3.63, 3.8) is 0 Å². The van der Waals surface area contributed by atoms with E-state index >= 15 is 17.6 Å². The highest BCUT2D eigenvalue weighted by Crippen LogP contribution is 2.57. The van der Waals surface area contributed by atoms with Crippen LogP contribution in [0.3, 0.4) is 0 Å². The summed E-state index contributed by atoms with van der Waals surface area (Å²) in [6.07, 6.45) is 9.16. The number of nitrogens with zero attached hydrogens (tertiary/aromatic N) is 7. The molecule has 1 aliphatic carbocycles. The van der Waals surface area contributed by atoms with Crippen molar-refractivity contribution in [1.82, 2.24) is 40.0 Å². The van der Waals surface area contributed by atoms with E-state index in [1.807, 2.05) is 42.2 Å². The maximum atomic E-state index is 16.9. The first-order chi connectivity index (χ1) is 38.0. The first-order valence-corrected chi connectivity index (χ1v) is 27.6. The van der Waals surface area contributed by atoms with E-state index < -0.39 is 52.6 Å². The van der Waals surface area contributed by atoms with E-state index in [0.717, 1.165) is 37.8 Å². The number of hydrogen-bond donors (Lipinski definition) is 3. The van der Waals surface area contributed by atoms with E-state index in [2.05, 4.69) is 25.7 Å². The minimum Gasteiger partial charge on any atom is -0.486 e. The van der Waals surface area contributed by atoms with Crippen molar-refractivity contribution in [2.75, 3.05) is 50.7 Å². The molecule has 4 aromatic carbocycles. The van der Waals surface area contributed by atoms with Crippen molar-refractivity contribution in [2.45, 2.75) is 94.8 Å². The number of nitrogens with one attached hydrogen (secondary N) is 2. The first kappa shape index (κ1) is 53.9. The van der Waals surface area contributed by atoms with Crippen LogP contribution in [0.4, 0.5) is 28.2 Å². The number of nitrogens with two attached hydrogens (primary N) is 1. The lowest BCUT2D eigenvalue weighted by Crippen LogP contribution is -2.49. The Morgan fingerprint density at radius 3 is 2.30 bits per heavy atom. The molecule has 1 saturated carbocycles. The van der Waals surface area contributed by atoms with Gasteiger partial charge in [0.15, 0.2) is 28.8 Å². The minimum atomic E-state index is -1.13. The molecule has 79 heavy (non-hydrogen) atoms. The number of halogens is 5. The van der Waals surface area contributed by atoms with Crippen molar-refractivity contribution in [1.29, 1.82) is 0 Å².